The molecular weight excluding hydrogens is 318 g/mol. The number of rotatable bonds is 8. The Kier molecular flexibility index (Phi) is 7.16. The highest BCUT2D eigenvalue weighted by Gasteiger charge is 2.26. The molecule has 1 atom stereocenters. The van der Waals surface area contributed by atoms with Gasteiger partial charge in [-0.05, 0) is 19.1 Å². The summed E-state index contributed by atoms with van der Waals surface area (Å²) in [6.07, 6.45) is -0.0177. The molecule has 1 saturated heterocycles. The van der Waals surface area contributed by atoms with Gasteiger partial charge in [-0.1, -0.05) is 30.4 Å². The largest absolute Gasteiger partial charge is 0.481 e. The minimum absolute atomic E-state index is 0.0177. The number of aliphatic carboxylic acids is 1. The van der Waals surface area contributed by atoms with Crippen molar-refractivity contribution in [3.8, 4) is 0 Å². The Morgan fingerprint density at radius 2 is 1.76 bits per heavy atom. The molecule has 1 aliphatic heterocycles. The van der Waals surface area contributed by atoms with Crippen LogP contribution in [0.25, 0.3) is 0 Å². The van der Waals surface area contributed by atoms with E-state index in [4.69, 9.17) is 0 Å². The maximum Gasteiger partial charge on any atom is 0.308 e. The molecule has 6 heteroatoms. The van der Waals surface area contributed by atoms with Crippen molar-refractivity contribution >= 4 is 17.6 Å². The van der Waals surface area contributed by atoms with Crippen molar-refractivity contribution in [2.24, 2.45) is 5.92 Å². The van der Waals surface area contributed by atoms with E-state index in [0.717, 1.165) is 38.3 Å². The van der Waals surface area contributed by atoms with Crippen LogP contribution >= 0.6 is 0 Å². The molecule has 1 aliphatic rings. The Morgan fingerprint density at radius 1 is 1.16 bits per heavy atom. The predicted octanol–water partition coefficient (Wildman–Crippen LogP) is 1.91. The van der Waals surface area contributed by atoms with Gasteiger partial charge in [-0.3, -0.25) is 19.4 Å². The zero-order valence-corrected chi connectivity index (χ0v) is 14.8. The van der Waals surface area contributed by atoms with E-state index < -0.39 is 11.9 Å². The van der Waals surface area contributed by atoms with Gasteiger partial charge in [0.2, 0.25) is 5.91 Å². The van der Waals surface area contributed by atoms with Gasteiger partial charge in [0.15, 0.2) is 0 Å². The van der Waals surface area contributed by atoms with Crippen LogP contribution in [0.3, 0.4) is 0 Å². The Labute approximate surface area is 149 Å². The first-order valence-electron chi connectivity index (χ1n) is 8.61. The normalized spacial score (nSPS) is 17.0. The topological polar surface area (TPSA) is 72.9 Å². The monoisotopic (exact) mass is 345 g/mol. The van der Waals surface area contributed by atoms with Gasteiger partial charge in [-0.25, -0.2) is 0 Å². The number of hydrogen-bond donors (Lipinski definition) is 2. The Bertz CT molecular complexity index is 595. The summed E-state index contributed by atoms with van der Waals surface area (Å²) in [5, 5.41) is 12.2. The SMILES string of the molecule is C=C(C)CN1CCN(C[C@@H](CC(=O)Nc2ccccc2)C(=O)O)CC1. The Balaban J connectivity index is 1.82. The fraction of sp³-hybridized carbons (Fsp3) is 0.474. The fourth-order valence-electron chi connectivity index (χ4n) is 3.01. The molecule has 1 fully saturated rings. The summed E-state index contributed by atoms with van der Waals surface area (Å²) in [4.78, 5) is 28.1. The Morgan fingerprint density at radius 3 is 2.32 bits per heavy atom. The van der Waals surface area contributed by atoms with Crippen molar-refractivity contribution < 1.29 is 14.7 Å². The molecule has 0 radical (unpaired) electrons. The van der Waals surface area contributed by atoms with E-state index >= 15 is 0 Å². The van der Waals surface area contributed by atoms with Crippen molar-refractivity contribution in [1.29, 1.82) is 0 Å². The van der Waals surface area contributed by atoms with E-state index in [2.05, 4.69) is 21.7 Å². The van der Waals surface area contributed by atoms with Crippen LogP contribution in [0.4, 0.5) is 5.69 Å². The third-order valence-electron chi connectivity index (χ3n) is 4.28. The number of nitrogens with one attached hydrogen (secondary N) is 1. The number of para-hydroxylation sites is 1. The van der Waals surface area contributed by atoms with E-state index in [1.807, 2.05) is 25.1 Å². The van der Waals surface area contributed by atoms with Crippen LogP contribution < -0.4 is 5.32 Å². The summed E-state index contributed by atoms with van der Waals surface area (Å²) >= 11 is 0. The maximum absolute atomic E-state index is 12.1. The number of carboxylic acid groups (broad SMARTS) is 1. The molecule has 1 heterocycles. The molecule has 0 aliphatic carbocycles. The molecule has 0 unspecified atom stereocenters. The van der Waals surface area contributed by atoms with Crippen molar-refractivity contribution in [3.05, 3.63) is 42.5 Å². The minimum Gasteiger partial charge on any atom is -0.481 e. The first kappa shape index (κ1) is 19.1. The van der Waals surface area contributed by atoms with Crippen molar-refractivity contribution in [3.63, 3.8) is 0 Å². The lowest BCUT2D eigenvalue weighted by Gasteiger charge is -2.35. The van der Waals surface area contributed by atoms with Crippen LogP contribution in [-0.4, -0.2) is 66.1 Å². The molecule has 6 nitrogen and oxygen atoms in total. The van der Waals surface area contributed by atoms with Crippen LogP contribution in [-0.2, 0) is 9.59 Å². The molecule has 1 amide bonds. The molecule has 0 bridgehead atoms. The van der Waals surface area contributed by atoms with E-state index in [1.54, 1.807) is 12.1 Å². The number of piperazine rings is 1. The van der Waals surface area contributed by atoms with Gasteiger partial charge < -0.3 is 10.4 Å². The first-order valence-corrected chi connectivity index (χ1v) is 8.61. The molecule has 0 spiro atoms. The standard InChI is InChI=1S/C19H27N3O3/c1-15(2)13-21-8-10-22(11-9-21)14-16(19(24)25)12-18(23)20-17-6-4-3-5-7-17/h3-7,16H,1,8-14H2,2H3,(H,20,23)(H,24,25)/t16-/m1/s1. The average Bonchev–Trinajstić information content (AvgIpc) is 2.56. The summed E-state index contributed by atoms with van der Waals surface area (Å²) in [5.41, 5.74) is 1.82. The lowest BCUT2D eigenvalue weighted by molar-refractivity contribution is -0.144. The van der Waals surface area contributed by atoms with Gasteiger partial charge in [-0.15, -0.1) is 0 Å². The van der Waals surface area contributed by atoms with Gasteiger partial charge >= 0.3 is 5.97 Å². The third kappa shape index (κ3) is 6.68. The van der Waals surface area contributed by atoms with E-state index in [9.17, 15) is 14.7 Å². The van der Waals surface area contributed by atoms with Gasteiger partial charge in [0.05, 0.1) is 5.92 Å². The number of nitrogens with zero attached hydrogens (tertiary/aromatic N) is 2. The molecule has 2 N–H and O–H groups in total. The predicted molar refractivity (Wildman–Crippen MR) is 98.5 cm³/mol. The van der Waals surface area contributed by atoms with Gasteiger partial charge in [0.1, 0.15) is 0 Å². The summed E-state index contributed by atoms with van der Waals surface area (Å²) in [7, 11) is 0. The summed E-state index contributed by atoms with van der Waals surface area (Å²) in [5.74, 6) is -1.89. The van der Waals surface area contributed by atoms with Crippen LogP contribution in [0.1, 0.15) is 13.3 Å². The van der Waals surface area contributed by atoms with Gasteiger partial charge in [0, 0.05) is 51.4 Å². The van der Waals surface area contributed by atoms with Crippen molar-refractivity contribution in [1.82, 2.24) is 9.80 Å². The van der Waals surface area contributed by atoms with Crippen LogP contribution in [0.5, 0.6) is 0 Å². The minimum atomic E-state index is -0.924. The quantitative estimate of drug-likeness (QED) is 0.704. The maximum atomic E-state index is 12.1. The lowest BCUT2D eigenvalue weighted by atomic mass is 10.0. The molecule has 2 rings (SSSR count). The summed E-state index contributed by atoms with van der Waals surface area (Å²) in [6.45, 7) is 10.7. The fourth-order valence-corrected chi connectivity index (χ4v) is 3.01. The molecule has 25 heavy (non-hydrogen) atoms. The summed E-state index contributed by atoms with van der Waals surface area (Å²) < 4.78 is 0. The first-order chi connectivity index (χ1) is 11.9. The highest BCUT2D eigenvalue weighted by molar-refractivity contribution is 5.93. The lowest BCUT2D eigenvalue weighted by Crippen LogP contribution is -2.49. The zero-order chi connectivity index (χ0) is 18.2. The van der Waals surface area contributed by atoms with E-state index in [-0.39, 0.29) is 12.3 Å². The van der Waals surface area contributed by atoms with Crippen LogP contribution in [0.15, 0.2) is 42.5 Å². The highest BCUT2D eigenvalue weighted by atomic mass is 16.4. The number of benzene rings is 1. The number of hydrogen-bond acceptors (Lipinski definition) is 4. The second-order valence-corrected chi connectivity index (χ2v) is 6.69. The third-order valence-corrected chi connectivity index (χ3v) is 4.28. The number of carboxylic acids is 1. The molecular formula is C19H27N3O3. The molecule has 1 aromatic rings. The number of carbonyl (C=O) groups excluding carboxylic acids is 1. The summed E-state index contributed by atoms with van der Waals surface area (Å²) in [6, 6.07) is 9.09. The second-order valence-electron chi connectivity index (χ2n) is 6.69. The van der Waals surface area contributed by atoms with Crippen molar-refractivity contribution in [2.75, 3.05) is 44.6 Å². The van der Waals surface area contributed by atoms with E-state index in [0.29, 0.717) is 12.2 Å². The van der Waals surface area contributed by atoms with Crippen molar-refractivity contribution in [2.45, 2.75) is 13.3 Å². The highest BCUT2D eigenvalue weighted by Crippen LogP contribution is 2.13. The second kappa shape index (κ2) is 9.34. The zero-order valence-electron chi connectivity index (χ0n) is 14.8. The van der Waals surface area contributed by atoms with Crippen LogP contribution in [0.2, 0.25) is 0 Å². The molecule has 0 saturated carbocycles. The van der Waals surface area contributed by atoms with E-state index in [1.165, 1.54) is 0 Å². The van der Waals surface area contributed by atoms with Gasteiger partial charge in [-0.2, -0.15) is 0 Å². The molecule has 1 aromatic carbocycles. The Hall–Kier alpha value is -2.18. The number of amides is 1. The molecule has 136 valence electrons. The van der Waals surface area contributed by atoms with Gasteiger partial charge in [0.25, 0.3) is 0 Å². The molecule has 0 aromatic heterocycles. The van der Waals surface area contributed by atoms with Crippen LogP contribution in [0, 0.1) is 5.92 Å². The number of anilines is 1. The smallest absolute Gasteiger partial charge is 0.308 e. The average molecular weight is 345 g/mol. The number of carbonyl (C=O) groups is 2.